The molecule has 1 atom stereocenters. The Labute approximate surface area is 132 Å². The van der Waals surface area contributed by atoms with Crippen molar-refractivity contribution in [2.45, 2.75) is 37.5 Å². The smallest absolute Gasteiger partial charge is 0.257 e. The minimum atomic E-state index is 0.160. The molecule has 112 valence electrons. The third kappa shape index (κ3) is 3.35. The van der Waals surface area contributed by atoms with Crippen molar-refractivity contribution >= 4 is 40.4 Å². The molecule has 0 N–H and O–H groups in total. The predicted octanol–water partition coefficient (Wildman–Crippen LogP) is 3.97. The molecule has 1 aliphatic rings. The first-order chi connectivity index (χ1) is 10.1. The number of rotatable bonds is 3. The SMILES string of the molecule is CC1CCCCN1C(=O)CSc1nc2cc(Cl)ccc2o1. The quantitative estimate of drug-likeness (QED) is 0.801. The topological polar surface area (TPSA) is 46.3 Å². The molecule has 6 heteroatoms. The number of hydrogen-bond acceptors (Lipinski definition) is 4. The first kappa shape index (κ1) is 14.7. The van der Waals surface area contributed by atoms with Crippen molar-refractivity contribution in [3.8, 4) is 0 Å². The number of fused-ring (bicyclic) bond motifs is 1. The summed E-state index contributed by atoms with van der Waals surface area (Å²) in [5.41, 5.74) is 1.42. The molecule has 0 spiro atoms. The summed E-state index contributed by atoms with van der Waals surface area (Å²) in [6.45, 7) is 2.98. The monoisotopic (exact) mass is 324 g/mol. The molecule has 1 fully saturated rings. The molecule has 4 nitrogen and oxygen atoms in total. The highest BCUT2D eigenvalue weighted by molar-refractivity contribution is 7.99. The molecule has 21 heavy (non-hydrogen) atoms. The van der Waals surface area contributed by atoms with Crippen LogP contribution in [0, 0.1) is 0 Å². The predicted molar refractivity (Wildman–Crippen MR) is 84.8 cm³/mol. The molecule has 1 amide bonds. The van der Waals surface area contributed by atoms with Crippen LogP contribution in [0.25, 0.3) is 11.1 Å². The highest BCUT2D eigenvalue weighted by Gasteiger charge is 2.23. The van der Waals surface area contributed by atoms with Gasteiger partial charge in [0.05, 0.1) is 5.75 Å². The first-order valence-corrected chi connectivity index (χ1v) is 8.48. The Kier molecular flexibility index (Phi) is 4.40. The lowest BCUT2D eigenvalue weighted by Gasteiger charge is -2.33. The Morgan fingerprint density at radius 3 is 3.19 bits per heavy atom. The van der Waals surface area contributed by atoms with Crippen molar-refractivity contribution in [2.75, 3.05) is 12.3 Å². The van der Waals surface area contributed by atoms with Gasteiger partial charge in [-0.3, -0.25) is 4.79 Å². The van der Waals surface area contributed by atoms with Gasteiger partial charge in [-0.1, -0.05) is 23.4 Å². The average molecular weight is 325 g/mol. The van der Waals surface area contributed by atoms with Crippen molar-refractivity contribution < 1.29 is 9.21 Å². The minimum absolute atomic E-state index is 0.160. The van der Waals surface area contributed by atoms with Gasteiger partial charge >= 0.3 is 0 Å². The number of likely N-dealkylation sites (tertiary alicyclic amines) is 1. The third-order valence-corrected chi connectivity index (χ3v) is 4.82. The number of hydrogen-bond donors (Lipinski definition) is 0. The number of nitrogens with zero attached hydrogens (tertiary/aromatic N) is 2. The van der Waals surface area contributed by atoms with Gasteiger partial charge in [0.1, 0.15) is 5.52 Å². The Morgan fingerprint density at radius 1 is 1.52 bits per heavy atom. The lowest BCUT2D eigenvalue weighted by Crippen LogP contribution is -2.42. The van der Waals surface area contributed by atoms with E-state index in [9.17, 15) is 4.79 Å². The van der Waals surface area contributed by atoms with Crippen LogP contribution in [-0.4, -0.2) is 34.1 Å². The molecule has 0 radical (unpaired) electrons. The summed E-state index contributed by atoms with van der Waals surface area (Å²) in [4.78, 5) is 18.6. The maximum Gasteiger partial charge on any atom is 0.257 e. The maximum atomic E-state index is 12.3. The van der Waals surface area contributed by atoms with E-state index in [2.05, 4.69) is 11.9 Å². The van der Waals surface area contributed by atoms with Crippen LogP contribution in [0.4, 0.5) is 0 Å². The van der Waals surface area contributed by atoms with Gasteiger partial charge in [0.25, 0.3) is 5.22 Å². The number of aromatic nitrogens is 1. The summed E-state index contributed by atoms with van der Waals surface area (Å²) in [5, 5.41) is 1.15. The van der Waals surface area contributed by atoms with E-state index in [4.69, 9.17) is 16.0 Å². The van der Waals surface area contributed by atoms with Crippen molar-refractivity contribution in [3.05, 3.63) is 23.2 Å². The summed E-state index contributed by atoms with van der Waals surface area (Å²) < 4.78 is 5.61. The molecule has 1 aliphatic heterocycles. The van der Waals surface area contributed by atoms with Crippen molar-refractivity contribution in [1.82, 2.24) is 9.88 Å². The number of halogens is 1. The van der Waals surface area contributed by atoms with Crippen LogP contribution in [-0.2, 0) is 4.79 Å². The number of carbonyl (C=O) groups excluding carboxylic acids is 1. The Hall–Kier alpha value is -1.20. The van der Waals surface area contributed by atoms with Crippen LogP contribution in [0.1, 0.15) is 26.2 Å². The fourth-order valence-corrected chi connectivity index (χ4v) is 3.51. The number of thioether (sulfide) groups is 1. The zero-order valence-corrected chi connectivity index (χ0v) is 13.4. The van der Waals surface area contributed by atoms with E-state index in [0.717, 1.165) is 24.9 Å². The lowest BCUT2D eigenvalue weighted by molar-refractivity contribution is -0.131. The number of carbonyl (C=O) groups is 1. The summed E-state index contributed by atoms with van der Waals surface area (Å²) in [7, 11) is 0. The van der Waals surface area contributed by atoms with Gasteiger partial charge < -0.3 is 9.32 Å². The molecular formula is C15H17ClN2O2S. The van der Waals surface area contributed by atoms with Crippen molar-refractivity contribution in [2.24, 2.45) is 0 Å². The van der Waals surface area contributed by atoms with E-state index in [-0.39, 0.29) is 5.91 Å². The van der Waals surface area contributed by atoms with Crippen LogP contribution in [0.3, 0.4) is 0 Å². The normalized spacial score (nSPS) is 19.1. The van der Waals surface area contributed by atoms with Crippen LogP contribution in [0.5, 0.6) is 0 Å². The number of amides is 1. The molecule has 3 rings (SSSR count). The van der Waals surface area contributed by atoms with Gasteiger partial charge in [-0.25, -0.2) is 4.98 Å². The third-order valence-electron chi connectivity index (χ3n) is 3.77. The van der Waals surface area contributed by atoms with Crippen LogP contribution >= 0.6 is 23.4 Å². The Morgan fingerprint density at radius 2 is 2.38 bits per heavy atom. The zero-order valence-electron chi connectivity index (χ0n) is 11.8. The van der Waals surface area contributed by atoms with Gasteiger partial charge in [-0.2, -0.15) is 0 Å². The fraction of sp³-hybridized carbons (Fsp3) is 0.467. The second kappa shape index (κ2) is 6.28. The minimum Gasteiger partial charge on any atom is -0.431 e. The largest absolute Gasteiger partial charge is 0.431 e. The summed E-state index contributed by atoms with van der Waals surface area (Å²) in [6, 6.07) is 5.67. The molecule has 1 aromatic heterocycles. The summed E-state index contributed by atoms with van der Waals surface area (Å²) in [5.74, 6) is 0.526. The molecule has 2 aromatic rings. The average Bonchev–Trinajstić information content (AvgIpc) is 2.87. The Balaban J connectivity index is 1.64. The Bertz CT molecular complexity index is 658. The molecule has 0 aliphatic carbocycles. The highest BCUT2D eigenvalue weighted by atomic mass is 35.5. The van der Waals surface area contributed by atoms with E-state index < -0.39 is 0 Å². The van der Waals surface area contributed by atoms with Gasteiger partial charge in [0, 0.05) is 17.6 Å². The van der Waals surface area contributed by atoms with Gasteiger partial charge in [-0.15, -0.1) is 0 Å². The van der Waals surface area contributed by atoms with E-state index in [0.29, 0.717) is 27.6 Å². The number of benzene rings is 1. The fourth-order valence-electron chi connectivity index (χ4n) is 2.62. The molecule has 0 saturated carbocycles. The van der Waals surface area contributed by atoms with E-state index in [1.807, 2.05) is 4.90 Å². The van der Waals surface area contributed by atoms with Crippen LogP contribution in [0.15, 0.2) is 27.8 Å². The second-order valence-corrected chi connectivity index (χ2v) is 6.68. The summed E-state index contributed by atoms with van der Waals surface area (Å²) >= 11 is 7.27. The van der Waals surface area contributed by atoms with Gasteiger partial charge in [-0.05, 0) is 44.4 Å². The maximum absolute atomic E-state index is 12.3. The first-order valence-electron chi connectivity index (χ1n) is 7.12. The molecule has 2 heterocycles. The van der Waals surface area contributed by atoms with Crippen molar-refractivity contribution in [1.29, 1.82) is 0 Å². The number of piperidine rings is 1. The zero-order chi connectivity index (χ0) is 14.8. The lowest BCUT2D eigenvalue weighted by atomic mass is 10.0. The molecule has 0 bridgehead atoms. The molecule has 1 aromatic carbocycles. The summed E-state index contributed by atoms with van der Waals surface area (Å²) in [6.07, 6.45) is 3.41. The second-order valence-electron chi connectivity index (χ2n) is 5.31. The van der Waals surface area contributed by atoms with E-state index in [1.54, 1.807) is 18.2 Å². The van der Waals surface area contributed by atoms with E-state index in [1.165, 1.54) is 18.2 Å². The molecular weight excluding hydrogens is 308 g/mol. The van der Waals surface area contributed by atoms with Crippen LogP contribution in [0.2, 0.25) is 5.02 Å². The standard InChI is InChI=1S/C15H17ClN2O2S/c1-10-4-2-3-7-18(10)14(19)9-21-15-17-12-8-11(16)5-6-13(12)20-15/h5-6,8,10H,2-4,7,9H2,1H3. The van der Waals surface area contributed by atoms with Crippen LogP contribution < -0.4 is 0 Å². The van der Waals surface area contributed by atoms with E-state index >= 15 is 0 Å². The van der Waals surface area contributed by atoms with Gasteiger partial charge in [0.2, 0.25) is 5.91 Å². The highest BCUT2D eigenvalue weighted by Crippen LogP contribution is 2.26. The van der Waals surface area contributed by atoms with Crippen molar-refractivity contribution in [3.63, 3.8) is 0 Å². The molecule has 1 unspecified atom stereocenters. The van der Waals surface area contributed by atoms with Gasteiger partial charge in [0.15, 0.2) is 5.58 Å². The molecule has 1 saturated heterocycles. The number of oxazole rings is 1.